The molecule has 0 spiro atoms. The topological polar surface area (TPSA) is 37.6 Å². The fourth-order valence-corrected chi connectivity index (χ4v) is 2.82. The molecule has 1 aliphatic rings. The minimum Gasteiger partial charge on any atom is -0.467 e. The summed E-state index contributed by atoms with van der Waals surface area (Å²) in [7, 11) is 0. The minimum atomic E-state index is -4.70. The van der Waals surface area contributed by atoms with E-state index >= 15 is 0 Å². The molecule has 24 heavy (non-hydrogen) atoms. The lowest BCUT2D eigenvalue weighted by Gasteiger charge is -2.34. The molecule has 1 fully saturated rings. The van der Waals surface area contributed by atoms with Crippen molar-refractivity contribution in [2.75, 3.05) is 26.2 Å². The Bertz CT molecular complexity index is 629. The predicted molar refractivity (Wildman–Crippen MR) is 85.4 cm³/mol. The van der Waals surface area contributed by atoms with Gasteiger partial charge in [-0.25, -0.2) is 0 Å². The van der Waals surface area contributed by atoms with Crippen LogP contribution in [0.5, 0.6) is 5.75 Å². The first-order valence-electron chi connectivity index (χ1n) is 7.37. The van der Waals surface area contributed by atoms with Crippen molar-refractivity contribution in [2.45, 2.75) is 12.4 Å². The Morgan fingerprint density at radius 3 is 2.50 bits per heavy atom. The standard InChI is InChI=1S/C16H17F3N2O2.ClH/c17-16(18,19)23-13-4-1-3-12(11-13)15(14-5-2-10-22-14)21-8-6-20-7-9-21;/h1-5,10-11,15,20H,6-9H2;1H/t15-;/m1./s1. The maximum absolute atomic E-state index is 12.4. The number of furan rings is 1. The lowest BCUT2D eigenvalue weighted by molar-refractivity contribution is -0.274. The Balaban J connectivity index is 0.00000208. The molecule has 1 saturated heterocycles. The zero-order valence-electron chi connectivity index (χ0n) is 12.8. The van der Waals surface area contributed by atoms with Crippen molar-refractivity contribution < 1.29 is 22.3 Å². The smallest absolute Gasteiger partial charge is 0.467 e. The molecule has 0 aliphatic carbocycles. The summed E-state index contributed by atoms with van der Waals surface area (Å²) in [5.74, 6) is 0.484. The van der Waals surface area contributed by atoms with Crippen LogP contribution in [0.4, 0.5) is 13.2 Å². The molecule has 0 amide bonds. The van der Waals surface area contributed by atoms with Gasteiger partial charge in [-0.15, -0.1) is 25.6 Å². The van der Waals surface area contributed by atoms with E-state index in [1.54, 1.807) is 24.5 Å². The molecule has 1 N–H and O–H groups in total. The first kappa shape index (κ1) is 18.6. The molecule has 132 valence electrons. The molecule has 8 heteroatoms. The molecule has 2 heterocycles. The summed E-state index contributed by atoms with van der Waals surface area (Å²) in [6, 6.07) is 9.46. The van der Waals surface area contributed by atoms with Gasteiger partial charge in [0.2, 0.25) is 0 Å². The van der Waals surface area contributed by atoms with Crippen LogP contribution in [-0.4, -0.2) is 37.4 Å². The normalized spacial score (nSPS) is 17.1. The average molecular weight is 363 g/mol. The van der Waals surface area contributed by atoms with Gasteiger partial charge in [-0.3, -0.25) is 4.90 Å². The fraction of sp³-hybridized carbons (Fsp3) is 0.375. The van der Waals surface area contributed by atoms with Gasteiger partial charge in [-0.2, -0.15) is 0 Å². The van der Waals surface area contributed by atoms with Crippen LogP contribution in [-0.2, 0) is 0 Å². The largest absolute Gasteiger partial charge is 0.573 e. The average Bonchev–Trinajstić information content (AvgIpc) is 3.01. The van der Waals surface area contributed by atoms with Crippen LogP contribution in [0.15, 0.2) is 47.1 Å². The first-order chi connectivity index (χ1) is 11.0. The molecule has 1 atom stereocenters. The van der Waals surface area contributed by atoms with Crippen molar-refractivity contribution in [3.63, 3.8) is 0 Å². The van der Waals surface area contributed by atoms with Gasteiger partial charge in [-0.1, -0.05) is 12.1 Å². The second-order valence-electron chi connectivity index (χ2n) is 5.32. The van der Waals surface area contributed by atoms with Crippen LogP contribution in [0.25, 0.3) is 0 Å². The highest BCUT2D eigenvalue weighted by Gasteiger charge is 2.32. The summed E-state index contributed by atoms with van der Waals surface area (Å²) in [6.45, 7) is 3.23. The summed E-state index contributed by atoms with van der Waals surface area (Å²) in [6.07, 6.45) is -3.13. The van der Waals surface area contributed by atoms with Gasteiger partial charge in [0.15, 0.2) is 0 Å². The van der Waals surface area contributed by atoms with Crippen LogP contribution in [0.1, 0.15) is 17.4 Å². The predicted octanol–water partition coefficient (Wildman–Crippen LogP) is 3.59. The third-order valence-corrected chi connectivity index (χ3v) is 3.74. The third kappa shape index (κ3) is 4.66. The number of alkyl halides is 3. The Hall–Kier alpha value is -1.70. The van der Waals surface area contributed by atoms with Crippen LogP contribution in [0, 0.1) is 0 Å². The van der Waals surface area contributed by atoms with Crippen molar-refractivity contribution in [2.24, 2.45) is 0 Å². The highest BCUT2D eigenvalue weighted by molar-refractivity contribution is 5.85. The van der Waals surface area contributed by atoms with Crippen molar-refractivity contribution in [3.05, 3.63) is 54.0 Å². The molecule has 0 saturated carbocycles. The molecular weight excluding hydrogens is 345 g/mol. The molecule has 4 nitrogen and oxygen atoms in total. The van der Waals surface area contributed by atoms with Gasteiger partial charge in [0.05, 0.1) is 12.3 Å². The van der Waals surface area contributed by atoms with E-state index in [1.165, 1.54) is 12.1 Å². The van der Waals surface area contributed by atoms with Gasteiger partial charge in [-0.05, 0) is 29.8 Å². The zero-order chi connectivity index (χ0) is 16.3. The number of halogens is 4. The first-order valence-corrected chi connectivity index (χ1v) is 7.37. The Kier molecular flexibility index (Phi) is 6.15. The number of hydrogen-bond donors (Lipinski definition) is 1. The number of nitrogens with one attached hydrogen (secondary N) is 1. The van der Waals surface area contributed by atoms with Gasteiger partial charge >= 0.3 is 6.36 Å². The van der Waals surface area contributed by atoms with Crippen molar-refractivity contribution in [1.29, 1.82) is 0 Å². The van der Waals surface area contributed by atoms with Crippen LogP contribution in [0.2, 0.25) is 0 Å². The molecule has 1 aromatic heterocycles. The number of piperazine rings is 1. The molecule has 2 aromatic rings. The van der Waals surface area contributed by atoms with Crippen molar-refractivity contribution >= 4 is 12.4 Å². The SMILES string of the molecule is Cl.FC(F)(F)Oc1cccc([C@H](c2ccco2)N2CCNCC2)c1. The van der Waals surface area contributed by atoms with Crippen molar-refractivity contribution in [1.82, 2.24) is 10.2 Å². The molecule has 0 bridgehead atoms. The van der Waals surface area contributed by atoms with E-state index in [-0.39, 0.29) is 24.2 Å². The van der Waals surface area contributed by atoms with E-state index in [2.05, 4.69) is 15.0 Å². The highest BCUT2D eigenvalue weighted by atomic mass is 35.5. The molecular formula is C16H18ClF3N2O2. The molecule has 0 unspecified atom stereocenters. The monoisotopic (exact) mass is 362 g/mol. The number of benzene rings is 1. The fourth-order valence-electron chi connectivity index (χ4n) is 2.82. The van der Waals surface area contributed by atoms with Gasteiger partial charge in [0.1, 0.15) is 11.5 Å². The quantitative estimate of drug-likeness (QED) is 0.902. The Morgan fingerprint density at radius 1 is 1.12 bits per heavy atom. The van der Waals surface area contributed by atoms with E-state index in [0.717, 1.165) is 26.2 Å². The lowest BCUT2D eigenvalue weighted by atomic mass is 10.0. The van der Waals surface area contributed by atoms with E-state index < -0.39 is 6.36 Å². The zero-order valence-corrected chi connectivity index (χ0v) is 13.6. The van der Waals surface area contributed by atoms with E-state index in [9.17, 15) is 13.2 Å². The van der Waals surface area contributed by atoms with Gasteiger partial charge in [0, 0.05) is 26.2 Å². The molecule has 1 aromatic carbocycles. The van der Waals surface area contributed by atoms with Gasteiger partial charge in [0.25, 0.3) is 0 Å². The van der Waals surface area contributed by atoms with Gasteiger partial charge < -0.3 is 14.5 Å². The highest BCUT2D eigenvalue weighted by Crippen LogP contribution is 2.32. The number of hydrogen-bond acceptors (Lipinski definition) is 4. The summed E-state index contributed by atoms with van der Waals surface area (Å²) < 4.78 is 46.9. The van der Waals surface area contributed by atoms with Crippen LogP contribution in [0.3, 0.4) is 0 Å². The molecule has 1 aliphatic heterocycles. The Morgan fingerprint density at radius 2 is 1.88 bits per heavy atom. The summed E-state index contributed by atoms with van der Waals surface area (Å²) in [4.78, 5) is 2.18. The number of ether oxygens (including phenoxy) is 1. The third-order valence-electron chi connectivity index (χ3n) is 3.74. The van der Waals surface area contributed by atoms with E-state index in [1.807, 2.05) is 6.07 Å². The minimum absolute atomic E-state index is 0. The second-order valence-corrected chi connectivity index (χ2v) is 5.32. The molecule has 0 radical (unpaired) electrons. The second kappa shape index (κ2) is 7.92. The number of nitrogens with zero attached hydrogens (tertiary/aromatic N) is 1. The summed E-state index contributed by atoms with van der Waals surface area (Å²) in [5.41, 5.74) is 0.712. The number of rotatable bonds is 4. The van der Waals surface area contributed by atoms with Crippen LogP contribution < -0.4 is 10.1 Å². The van der Waals surface area contributed by atoms with Crippen LogP contribution >= 0.6 is 12.4 Å². The summed E-state index contributed by atoms with van der Waals surface area (Å²) >= 11 is 0. The maximum Gasteiger partial charge on any atom is 0.573 e. The Labute approximate surface area is 144 Å². The maximum atomic E-state index is 12.4. The lowest BCUT2D eigenvalue weighted by Crippen LogP contribution is -2.45. The van der Waals surface area contributed by atoms with Crippen molar-refractivity contribution in [3.8, 4) is 5.75 Å². The van der Waals surface area contributed by atoms with E-state index in [0.29, 0.717) is 11.3 Å². The molecule has 3 rings (SSSR count). The van der Waals surface area contributed by atoms with E-state index in [4.69, 9.17) is 4.42 Å². The summed E-state index contributed by atoms with van der Waals surface area (Å²) in [5, 5.41) is 3.26.